The third kappa shape index (κ3) is 8.87. The van der Waals surface area contributed by atoms with Crippen molar-refractivity contribution < 1.29 is 18.3 Å². The summed E-state index contributed by atoms with van der Waals surface area (Å²) in [6.07, 6.45) is 5.80. The van der Waals surface area contributed by atoms with Crippen LogP contribution in [-0.2, 0) is 18.3 Å². The van der Waals surface area contributed by atoms with Crippen LogP contribution in [0.25, 0.3) is 0 Å². The van der Waals surface area contributed by atoms with Crippen LogP contribution in [0.1, 0.15) is 82.6 Å². The minimum Gasteiger partial charge on any atom is -0.414 e. The van der Waals surface area contributed by atoms with Crippen LogP contribution in [0.3, 0.4) is 0 Å². The predicted molar refractivity (Wildman–Crippen MR) is 147 cm³/mol. The molecule has 0 aromatic carbocycles. The van der Waals surface area contributed by atoms with Gasteiger partial charge in [0.05, 0.1) is 12.7 Å². The van der Waals surface area contributed by atoms with Crippen LogP contribution < -0.4 is 0 Å². The lowest BCUT2D eigenvalue weighted by Crippen LogP contribution is -2.44. The van der Waals surface area contributed by atoms with Crippen molar-refractivity contribution >= 4 is 16.6 Å². The second-order valence-corrected chi connectivity index (χ2v) is 23.4. The molecule has 33 heavy (non-hydrogen) atoms. The second-order valence-electron chi connectivity index (χ2n) is 13.8. The lowest BCUT2D eigenvalue weighted by molar-refractivity contribution is -0.151. The van der Waals surface area contributed by atoms with E-state index in [4.69, 9.17) is 18.3 Å². The summed E-state index contributed by atoms with van der Waals surface area (Å²) in [4.78, 5) is 0. The van der Waals surface area contributed by atoms with Crippen LogP contribution in [0, 0.1) is 11.8 Å². The first kappa shape index (κ1) is 31.0. The van der Waals surface area contributed by atoms with Gasteiger partial charge in [0.2, 0.25) is 0 Å². The standard InChI is InChI=1S/C27H56O4Si2/c1-20(22(3)31-33(14,15)26(7,8)9)17-16-18-21(2)24-23(29-27(10,11)30-24)19-28-32(12,13)25(4,5)6/h16-17,20-24H,18-19H2,1-15H3/b17-16+/t20-,21-,22+,23+,24-/m1/s1. The van der Waals surface area contributed by atoms with E-state index < -0.39 is 22.4 Å². The number of hydrogen-bond donors (Lipinski definition) is 0. The molecule has 1 aliphatic heterocycles. The maximum Gasteiger partial charge on any atom is 0.192 e. The minimum atomic E-state index is -1.83. The first-order valence-electron chi connectivity index (χ1n) is 12.9. The van der Waals surface area contributed by atoms with E-state index in [2.05, 4.69) is 101 Å². The van der Waals surface area contributed by atoms with Crippen molar-refractivity contribution in [2.45, 2.75) is 143 Å². The highest BCUT2D eigenvalue weighted by atomic mass is 28.4. The molecule has 1 fully saturated rings. The van der Waals surface area contributed by atoms with Gasteiger partial charge in [0.15, 0.2) is 22.4 Å². The molecular weight excluding hydrogens is 444 g/mol. The first-order valence-corrected chi connectivity index (χ1v) is 18.8. The average molecular weight is 501 g/mol. The van der Waals surface area contributed by atoms with E-state index in [1.165, 1.54) is 0 Å². The molecule has 0 amide bonds. The van der Waals surface area contributed by atoms with Crippen LogP contribution in [0.5, 0.6) is 0 Å². The summed E-state index contributed by atoms with van der Waals surface area (Å²) in [5.74, 6) is 0.157. The molecule has 0 aliphatic carbocycles. The Balaban J connectivity index is 2.73. The highest BCUT2D eigenvalue weighted by molar-refractivity contribution is 6.74. The Morgan fingerprint density at radius 2 is 1.39 bits per heavy atom. The summed E-state index contributed by atoms with van der Waals surface area (Å²) in [5, 5.41) is 0.415. The van der Waals surface area contributed by atoms with Crippen molar-refractivity contribution in [1.82, 2.24) is 0 Å². The number of hydrogen-bond acceptors (Lipinski definition) is 4. The van der Waals surface area contributed by atoms with Gasteiger partial charge in [-0.2, -0.15) is 0 Å². The van der Waals surface area contributed by atoms with Crippen LogP contribution in [0.4, 0.5) is 0 Å². The Labute approximate surface area is 208 Å². The Morgan fingerprint density at radius 1 is 0.879 bits per heavy atom. The molecule has 0 saturated carbocycles. The van der Waals surface area contributed by atoms with Gasteiger partial charge in [-0.05, 0) is 75.3 Å². The normalized spacial score (nSPS) is 25.4. The monoisotopic (exact) mass is 500 g/mol. The molecule has 1 heterocycles. The molecule has 0 unspecified atom stereocenters. The van der Waals surface area contributed by atoms with Gasteiger partial charge in [-0.1, -0.05) is 67.5 Å². The van der Waals surface area contributed by atoms with Crippen molar-refractivity contribution in [1.29, 1.82) is 0 Å². The van der Waals surface area contributed by atoms with E-state index in [-0.39, 0.29) is 28.4 Å². The van der Waals surface area contributed by atoms with E-state index in [1.54, 1.807) is 0 Å². The van der Waals surface area contributed by atoms with Crippen molar-refractivity contribution in [3.63, 3.8) is 0 Å². The van der Waals surface area contributed by atoms with Crippen LogP contribution >= 0.6 is 0 Å². The van der Waals surface area contributed by atoms with Crippen LogP contribution in [0.2, 0.25) is 36.3 Å². The highest BCUT2D eigenvalue weighted by Crippen LogP contribution is 2.40. The lowest BCUT2D eigenvalue weighted by atomic mass is 9.95. The summed E-state index contributed by atoms with van der Waals surface area (Å²) in [6, 6.07) is 0. The molecule has 0 N–H and O–H groups in total. The van der Waals surface area contributed by atoms with Gasteiger partial charge in [-0.15, -0.1) is 0 Å². The van der Waals surface area contributed by atoms with E-state index >= 15 is 0 Å². The largest absolute Gasteiger partial charge is 0.414 e. The number of rotatable bonds is 10. The van der Waals surface area contributed by atoms with Crippen LogP contribution in [-0.4, -0.2) is 47.3 Å². The maximum absolute atomic E-state index is 6.59. The van der Waals surface area contributed by atoms with Crippen molar-refractivity contribution in [3.05, 3.63) is 12.2 Å². The average Bonchev–Trinajstić information content (AvgIpc) is 2.92. The molecule has 0 aromatic rings. The quantitative estimate of drug-likeness (QED) is 0.224. The molecule has 1 saturated heterocycles. The molecular formula is C27H56O4Si2. The first-order chi connectivity index (χ1) is 14.6. The predicted octanol–water partition coefficient (Wildman–Crippen LogP) is 8.16. The van der Waals surface area contributed by atoms with Crippen molar-refractivity contribution in [2.75, 3.05) is 6.61 Å². The van der Waals surface area contributed by atoms with Gasteiger partial charge in [-0.25, -0.2) is 0 Å². The number of allylic oxidation sites excluding steroid dienone is 1. The zero-order valence-corrected chi connectivity index (χ0v) is 26.6. The van der Waals surface area contributed by atoms with E-state index in [0.29, 0.717) is 18.4 Å². The Morgan fingerprint density at radius 3 is 1.88 bits per heavy atom. The van der Waals surface area contributed by atoms with Gasteiger partial charge < -0.3 is 18.3 Å². The molecule has 5 atom stereocenters. The van der Waals surface area contributed by atoms with Gasteiger partial charge >= 0.3 is 0 Å². The lowest BCUT2D eigenvalue weighted by Gasteiger charge is -2.39. The van der Waals surface area contributed by atoms with Gasteiger partial charge in [0, 0.05) is 6.10 Å². The minimum absolute atomic E-state index is 0.0317. The Hall–Kier alpha value is 0.0138. The molecule has 0 spiro atoms. The molecule has 1 rings (SSSR count). The summed E-state index contributed by atoms with van der Waals surface area (Å²) in [7, 11) is -3.59. The van der Waals surface area contributed by atoms with Gasteiger partial charge in [0.25, 0.3) is 0 Å². The van der Waals surface area contributed by atoms with E-state index in [0.717, 1.165) is 6.42 Å². The second kappa shape index (κ2) is 11.0. The molecule has 0 bridgehead atoms. The third-order valence-electron chi connectivity index (χ3n) is 8.17. The van der Waals surface area contributed by atoms with Gasteiger partial charge in [0.1, 0.15) is 6.10 Å². The maximum atomic E-state index is 6.59. The van der Waals surface area contributed by atoms with Gasteiger partial charge in [-0.3, -0.25) is 0 Å². The molecule has 1 aliphatic rings. The summed E-state index contributed by atoms with van der Waals surface area (Å²) in [5.41, 5.74) is 0. The Bertz CT molecular complexity index is 643. The molecule has 6 heteroatoms. The highest BCUT2D eigenvalue weighted by Gasteiger charge is 2.46. The summed E-state index contributed by atoms with van der Waals surface area (Å²) >= 11 is 0. The zero-order valence-electron chi connectivity index (χ0n) is 24.6. The SMILES string of the molecule is C[C@H](/C=C/C[C@@H](C)[C@H]1OC(C)(C)O[C@H]1CO[Si](C)(C)C(C)(C)C)[C@H](C)O[Si](C)(C)C(C)(C)C. The fourth-order valence-electron chi connectivity index (χ4n) is 3.53. The smallest absolute Gasteiger partial charge is 0.192 e. The summed E-state index contributed by atoms with van der Waals surface area (Å²) in [6.45, 7) is 34.3. The Kier molecular flexibility index (Phi) is 10.3. The number of ether oxygens (including phenoxy) is 2. The van der Waals surface area contributed by atoms with E-state index in [1.807, 2.05) is 13.8 Å². The third-order valence-corrected chi connectivity index (χ3v) is 17.2. The fourth-order valence-corrected chi connectivity index (χ4v) is 6.04. The van der Waals surface area contributed by atoms with E-state index in [9.17, 15) is 0 Å². The van der Waals surface area contributed by atoms with Crippen LogP contribution in [0.15, 0.2) is 12.2 Å². The molecule has 196 valence electrons. The molecule has 0 aromatic heterocycles. The molecule has 4 nitrogen and oxygen atoms in total. The van der Waals surface area contributed by atoms with Crippen molar-refractivity contribution in [3.8, 4) is 0 Å². The zero-order chi connectivity index (χ0) is 26.0. The summed E-state index contributed by atoms with van der Waals surface area (Å²) < 4.78 is 25.7. The van der Waals surface area contributed by atoms with Crippen molar-refractivity contribution in [2.24, 2.45) is 11.8 Å². The fraction of sp³-hybridized carbons (Fsp3) is 0.926. The molecule has 0 radical (unpaired) electrons. The topological polar surface area (TPSA) is 36.9 Å².